The van der Waals surface area contributed by atoms with Crippen LogP contribution in [-0.4, -0.2) is 6.26 Å². The Labute approximate surface area is 55.7 Å². The summed E-state index contributed by atoms with van der Waals surface area (Å²) in [4.78, 5) is 0. The second-order valence-electron chi connectivity index (χ2n) is 1.93. The van der Waals surface area contributed by atoms with E-state index in [0.29, 0.717) is 0 Å². The zero-order valence-corrected chi connectivity index (χ0v) is 6.72. The van der Waals surface area contributed by atoms with Crippen LogP contribution in [0, 0.1) is 0 Å². The fraction of sp³-hybridized carbons (Fsp3) is 0.667. The van der Waals surface area contributed by atoms with Crippen molar-refractivity contribution in [3.63, 3.8) is 0 Å². The highest BCUT2D eigenvalue weighted by atomic mass is 32.2. The maximum absolute atomic E-state index is 3.14. The second kappa shape index (κ2) is 3.84. The summed E-state index contributed by atoms with van der Waals surface area (Å²) in [6, 6.07) is 0. The van der Waals surface area contributed by atoms with Crippen molar-refractivity contribution in [1.82, 2.24) is 4.72 Å². The third-order valence-corrected chi connectivity index (χ3v) is 1.52. The molecule has 0 saturated carbocycles. The van der Waals surface area contributed by atoms with Gasteiger partial charge in [-0.2, -0.15) is 0 Å². The number of hydrogen-bond donors (Lipinski definition) is 1. The van der Waals surface area contributed by atoms with Crippen molar-refractivity contribution in [1.29, 1.82) is 0 Å². The van der Waals surface area contributed by atoms with Gasteiger partial charge < -0.3 is 4.72 Å². The quantitative estimate of drug-likeness (QED) is 0.576. The van der Waals surface area contributed by atoms with E-state index in [1.165, 1.54) is 11.3 Å². The molecule has 0 aromatic carbocycles. The zero-order chi connectivity index (χ0) is 6.57. The molecule has 0 aromatic heterocycles. The highest BCUT2D eigenvalue weighted by molar-refractivity contribution is 7.96. The molecule has 1 nitrogen and oxygen atoms in total. The summed E-state index contributed by atoms with van der Waals surface area (Å²) in [7, 11) is 0. The van der Waals surface area contributed by atoms with Crippen LogP contribution < -0.4 is 4.72 Å². The molecule has 0 heterocycles. The lowest BCUT2D eigenvalue weighted by molar-refractivity contribution is 1.12. The molecule has 0 aliphatic heterocycles. The largest absolute Gasteiger partial charge is 0.334 e. The lowest BCUT2D eigenvalue weighted by Crippen LogP contribution is -1.99. The van der Waals surface area contributed by atoms with Crippen LogP contribution >= 0.6 is 11.9 Å². The van der Waals surface area contributed by atoms with Crippen LogP contribution in [0.1, 0.15) is 20.8 Å². The highest BCUT2D eigenvalue weighted by Gasteiger charge is 1.85. The maximum Gasteiger partial charge on any atom is 0.0166 e. The minimum atomic E-state index is 1.26. The van der Waals surface area contributed by atoms with E-state index in [0.717, 1.165) is 0 Å². The van der Waals surface area contributed by atoms with Gasteiger partial charge in [0.05, 0.1) is 0 Å². The standard InChI is InChI=1S/C6H13NS/c1-5(2)6(3)7-8-4/h7H,1-4H3. The Morgan fingerprint density at radius 1 is 1.25 bits per heavy atom. The summed E-state index contributed by atoms with van der Waals surface area (Å²) in [5.74, 6) is 0. The van der Waals surface area contributed by atoms with Crippen molar-refractivity contribution < 1.29 is 0 Å². The van der Waals surface area contributed by atoms with E-state index < -0.39 is 0 Å². The summed E-state index contributed by atoms with van der Waals surface area (Å²) in [5, 5.41) is 0. The van der Waals surface area contributed by atoms with Gasteiger partial charge >= 0.3 is 0 Å². The summed E-state index contributed by atoms with van der Waals surface area (Å²) >= 11 is 1.63. The summed E-state index contributed by atoms with van der Waals surface area (Å²) in [5.41, 5.74) is 2.61. The highest BCUT2D eigenvalue weighted by Crippen LogP contribution is 2.00. The summed E-state index contributed by atoms with van der Waals surface area (Å²) in [6.45, 7) is 6.27. The fourth-order valence-electron chi connectivity index (χ4n) is 0.255. The third-order valence-electron chi connectivity index (χ3n) is 1.01. The molecular formula is C6H13NS. The van der Waals surface area contributed by atoms with Crippen LogP contribution in [0.2, 0.25) is 0 Å². The van der Waals surface area contributed by atoms with Gasteiger partial charge in [0.2, 0.25) is 0 Å². The Balaban J connectivity index is 3.62. The van der Waals surface area contributed by atoms with E-state index in [4.69, 9.17) is 0 Å². The Morgan fingerprint density at radius 2 is 1.75 bits per heavy atom. The van der Waals surface area contributed by atoms with E-state index in [-0.39, 0.29) is 0 Å². The Kier molecular flexibility index (Phi) is 3.79. The molecule has 0 aliphatic rings. The monoisotopic (exact) mass is 131 g/mol. The van der Waals surface area contributed by atoms with E-state index in [2.05, 4.69) is 25.5 Å². The number of nitrogens with one attached hydrogen (secondary N) is 1. The Hall–Kier alpha value is -0.110. The minimum Gasteiger partial charge on any atom is -0.334 e. The van der Waals surface area contributed by atoms with Gasteiger partial charge in [-0.25, -0.2) is 0 Å². The van der Waals surface area contributed by atoms with Gasteiger partial charge in [0.1, 0.15) is 0 Å². The molecule has 0 aromatic rings. The molecule has 0 atom stereocenters. The molecule has 2 heteroatoms. The van der Waals surface area contributed by atoms with E-state index >= 15 is 0 Å². The molecular weight excluding hydrogens is 118 g/mol. The van der Waals surface area contributed by atoms with Crippen molar-refractivity contribution in [2.45, 2.75) is 20.8 Å². The average molecular weight is 131 g/mol. The van der Waals surface area contributed by atoms with E-state index in [1.54, 1.807) is 11.9 Å². The van der Waals surface area contributed by atoms with Crippen molar-refractivity contribution in [3.8, 4) is 0 Å². The molecule has 8 heavy (non-hydrogen) atoms. The number of rotatable bonds is 2. The average Bonchev–Trinajstić information content (AvgIpc) is 1.67. The van der Waals surface area contributed by atoms with E-state index in [1.807, 2.05) is 6.26 Å². The van der Waals surface area contributed by atoms with E-state index in [9.17, 15) is 0 Å². The van der Waals surface area contributed by atoms with Crippen LogP contribution in [0.25, 0.3) is 0 Å². The lowest BCUT2D eigenvalue weighted by Gasteiger charge is -2.01. The molecule has 0 radical (unpaired) electrons. The molecule has 0 unspecified atom stereocenters. The number of hydrogen-bond acceptors (Lipinski definition) is 2. The second-order valence-corrected chi connectivity index (χ2v) is 2.54. The van der Waals surface area contributed by atoms with Crippen LogP contribution in [0.3, 0.4) is 0 Å². The van der Waals surface area contributed by atoms with Crippen molar-refractivity contribution >= 4 is 11.9 Å². The first-order valence-electron chi connectivity index (χ1n) is 2.61. The van der Waals surface area contributed by atoms with Crippen LogP contribution in [0.5, 0.6) is 0 Å². The summed E-state index contributed by atoms with van der Waals surface area (Å²) in [6.07, 6.45) is 2.02. The first kappa shape index (κ1) is 7.89. The molecule has 48 valence electrons. The van der Waals surface area contributed by atoms with Crippen LogP contribution in [-0.2, 0) is 0 Å². The third kappa shape index (κ3) is 2.97. The summed E-state index contributed by atoms with van der Waals surface area (Å²) < 4.78 is 3.14. The maximum atomic E-state index is 3.14. The lowest BCUT2D eigenvalue weighted by atomic mass is 10.3. The topological polar surface area (TPSA) is 12.0 Å². The SMILES string of the molecule is CSNC(C)=C(C)C. The molecule has 0 amide bonds. The predicted octanol–water partition coefficient (Wildman–Crippen LogP) is 2.17. The molecule has 0 rings (SSSR count). The van der Waals surface area contributed by atoms with Crippen LogP contribution in [0.15, 0.2) is 11.3 Å². The molecule has 0 fully saturated rings. The van der Waals surface area contributed by atoms with Gasteiger partial charge in [-0.3, -0.25) is 0 Å². The molecule has 0 saturated heterocycles. The van der Waals surface area contributed by atoms with Gasteiger partial charge in [-0.05, 0) is 20.8 Å². The Morgan fingerprint density at radius 3 is 1.88 bits per heavy atom. The zero-order valence-electron chi connectivity index (χ0n) is 5.91. The number of allylic oxidation sites excluding steroid dienone is 2. The van der Waals surface area contributed by atoms with Gasteiger partial charge in [0.25, 0.3) is 0 Å². The molecule has 0 aliphatic carbocycles. The first-order chi connectivity index (χ1) is 3.68. The smallest absolute Gasteiger partial charge is 0.0166 e. The van der Waals surface area contributed by atoms with Gasteiger partial charge in [0.15, 0.2) is 0 Å². The van der Waals surface area contributed by atoms with Crippen molar-refractivity contribution in [2.24, 2.45) is 0 Å². The van der Waals surface area contributed by atoms with Gasteiger partial charge in [-0.15, -0.1) is 0 Å². The molecule has 0 bridgehead atoms. The first-order valence-corrected chi connectivity index (χ1v) is 3.84. The molecule has 1 N–H and O–H groups in total. The normalized spacial score (nSPS) is 8.50. The molecule has 0 spiro atoms. The van der Waals surface area contributed by atoms with Gasteiger partial charge in [0, 0.05) is 12.0 Å². The van der Waals surface area contributed by atoms with Crippen molar-refractivity contribution in [3.05, 3.63) is 11.3 Å². The fourth-order valence-corrected chi connectivity index (χ4v) is 0.765. The van der Waals surface area contributed by atoms with Crippen LogP contribution in [0.4, 0.5) is 0 Å². The minimum absolute atomic E-state index is 1.26. The van der Waals surface area contributed by atoms with Gasteiger partial charge in [-0.1, -0.05) is 17.5 Å². The van der Waals surface area contributed by atoms with Crippen molar-refractivity contribution in [2.75, 3.05) is 6.26 Å². The predicted molar refractivity (Wildman–Crippen MR) is 40.7 cm³/mol. The Bertz CT molecular complexity index is 92.7.